The van der Waals surface area contributed by atoms with E-state index in [1.807, 2.05) is 54.6 Å². The number of carbonyl (C=O) groups excluding carboxylic acids is 2. The van der Waals surface area contributed by atoms with Crippen LogP contribution in [0.4, 0.5) is 0 Å². The van der Waals surface area contributed by atoms with Crippen LogP contribution in [0.3, 0.4) is 0 Å². The van der Waals surface area contributed by atoms with Crippen molar-refractivity contribution in [2.24, 2.45) is 23.7 Å². The van der Waals surface area contributed by atoms with E-state index in [1.165, 1.54) is 0 Å². The number of carboxylic acids is 2. The molecule has 1 aliphatic carbocycles. The van der Waals surface area contributed by atoms with E-state index < -0.39 is 47.5 Å². The summed E-state index contributed by atoms with van der Waals surface area (Å²) in [5.41, 5.74) is 4.31. The minimum atomic E-state index is -1.53. The van der Waals surface area contributed by atoms with Crippen molar-refractivity contribution in [1.82, 2.24) is 5.32 Å². The van der Waals surface area contributed by atoms with E-state index in [1.54, 1.807) is 0 Å². The third-order valence-corrected chi connectivity index (χ3v) is 7.82. The summed E-state index contributed by atoms with van der Waals surface area (Å²) in [7, 11) is 1.08. The van der Waals surface area contributed by atoms with E-state index in [4.69, 9.17) is 11.6 Å². The van der Waals surface area contributed by atoms with E-state index in [2.05, 4.69) is 34.3 Å². The van der Waals surface area contributed by atoms with Gasteiger partial charge in [0.05, 0.1) is 30.8 Å². The quantitative estimate of drug-likeness (QED) is 0.289. The molecule has 0 unspecified atom stereocenters. The molecule has 3 N–H and O–H groups in total. The van der Waals surface area contributed by atoms with E-state index in [0.717, 1.165) is 29.4 Å². The highest BCUT2D eigenvalue weighted by molar-refractivity contribution is 6.30. The van der Waals surface area contributed by atoms with Crippen LogP contribution in [-0.4, -0.2) is 47.7 Å². The fourth-order valence-electron chi connectivity index (χ4n) is 5.48. The Kier molecular flexibility index (Phi) is 9.22. The summed E-state index contributed by atoms with van der Waals surface area (Å²) < 4.78 is 4.68. The number of amides is 1. The molecule has 8 nitrogen and oxygen atoms in total. The standard InChI is InChI=1S/C31H30ClNO7/c1-40-31(39)27-24(25(29(35)36)26(27)30(37)38)28(34)33-16-15-22(17-18-7-13-23(32)14-8-18)21-11-9-20(10-12-21)19-5-3-2-4-6-19/h2-14,22,24-27H,15-17H2,1H3,(H,33,34)(H,35,36)(H,37,38)/t22-,24-,25-,26-,27-/m0/s1. The first-order chi connectivity index (χ1) is 19.2. The van der Waals surface area contributed by atoms with Gasteiger partial charge >= 0.3 is 17.9 Å². The van der Waals surface area contributed by atoms with E-state index in [-0.39, 0.29) is 12.5 Å². The van der Waals surface area contributed by atoms with Gasteiger partial charge in [-0.25, -0.2) is 0 Å². The lowest BCUT2D eigenvalue weighted by Crippen LogP contribution is -2.62. The molecule has 0 radical (unpaired) electrons. The van der Waals surface area contributed by atoms with Crippen molar-refractivity contribution in [3.63, 3.8) is 0 Å². The lowest BCUT2D eigenvalue weighted by atomic mass is 9.56. The predicted octanol–water partition coefficient (Wildman–Crippen LogP) is 4.66. The second kappa shape index (κ2) is 12.8. The molecule has 3 aromatic carbocycles. The van der Waals surface area contributed by atoms with Crippen LogP contribution in [0, 0.1) is 23.7 Å². The maximum Gasteiger partial charge on any atom is 0.310 e. The van der Waals surface area contributed by atoms with Gasteiger partial charge < -0.3 is 20.3 Å². The molecule has 0 aliphatic heterocycles. The average molecular weight is 564 g/mol. The van der Waals surface area contributed by atoms with Crippen LogP contribution < -0.4 is 5.32 Å². The smallest absolute Gasteiger partial charge is 0.310 e. The Morgan fingerprint density at radius 1 is 0.800 bits per heavy atom. The molecule has 0 spiro atoms. The second-order valence-corrected chi connectivity index (χ2v) is 10.3. The van der Waals surface area contributed by atoms with Gasteiger partial charge in [0, 0.05) is 11.6 Å². The second-order valence-electron chi connectivity index (χ2n) is 9.90. The Bertz CT molecular complexity index is 1360. The summed E-state index contributed by atoms with van der Waals surface area (Å²) in [6.07, 6.45) is 1.19. The Morgan fingerprint density at radius 3 is 1.95 bits per heavy atom. The van der Waals surface area contributed by atoms with Gasteiger partial charge in [0.25, 0.3) is 0 Å². The Labute approximate surface area is 236 Å². The van der Waals surface area contributed by atoms with Crippen LogP contribution in [0.25, 0.3) is 11.1 Å². The van der Waals surface area contributed by atoms with Crippen molar-refractivity contribution >= 4 is 35.4 Å². The fourth-order valence-corrected chi connectivity index (χ4v) is 5.60. The third kappa shape index (κ3) is 6.34. The molecule has 9 heteroatoms. The average Bonchev–Trinajstić information content (AvgIpc) is 2.93. The molecule has 5 atom stereocenters. The van der Waals surface area contributed by atoms with Crippen LogP contribution >= 0.6 is 11.6 Å². The molecule has 1 saturated carbocycles. The zero-order valence-electron chi connectivity index (χ0n) is 21.8. The van der Waals surface area contributed by atoms with Crippen LogP contribution in [0.2, 0.25) is 5.02 Å². The number of esters is 1. The molecule has 4 rings (SSSR count). The number of hydrogen-bond acceptors (Lipinski definition) is 5. The highest BCUT2D eigenvalue weighted by atomic mass is 35.5. The largest absolute Gasteiger partial charge is 0.481 e. The van der Waals surface area contributed by atoms with E-state index in [0.29, 0.717) is 17.9 Å². The number of rotatable bonds is 11. The molecule has 0 bridgehead atoms. The number of aliphatic carboxylic acids is 2. The highest BCUT2D eigenvalue weighted by Gasteiger charge is 2.64. The first-order valence-corrected chi connectivity index (χ1v) is 13.3. The molecule has 0 aromatic heterocycles. The zero-order chi connectivity index (χ0) is 28.8. The monoisotopic (exact) mass is 563 g/mol. The number of ether oxygens (including phenoxy) is 1. The molecule has 1 fully saturated rings. The summed E-state index contributed by atoms with van der Waals surface area (Å²) in [6.45, 7) is 0.200. The number of benzene rings is 3. The Balaban J connectivity index is 1.49. The molecular weight excluding hydrogens is 534 g/mol. The predicted molar refractivity (Wildman–Crippen MR) is 149 cm³/mol. The summed E-state index contributed by atoms with van der Waals surface area (Å²) in [6, 6.07) is 25.8. The summed E-state index contributed by atoms with van der Waals surface area (Å²) in [4.78, 5) is 48.8. The summed E-state index contributed by atoms with van der Waals surface area (Å²) >= 11 is 6.06. The molecule has 1 amide bonds. The lowest BCUT2D eigenvalue weighted by Gasteiger charge is -2.44. The maximum atomic E-state index is 13.1. The number of hydrogen-bond donors (Lipinski definition) is 3. The fraction of sp³-hybridized carbons (Fsp3) is 0.290. The molecule has 3 aromatic rings. The Morgan fingerprint density at radius 2 is 1.38 bits per heavy atom. The number of methoxy groups -OCH3 is 1. The minimum absolute atomic E-state index is 0.00568. The van der Waals surface area contributed by atoms with Gasteiger partial charge in [0.1, 0.15) is 0 Å². The molecule has 0 heterocycles. The van der Waals surface area contributed by atoms with Gasteiger partial charge in [-0.1, -0.05) is 78.3 Å². The van der Waals surface area contributed by atoms with Gasteiger partial charge in [-0.15, -0.1) is 0 Å². The zero-order valence-corrected chi connectivity index (χ0v) is 22.6. The number of halogens is 1. The topological polar surface area (TPSA) is 130 Å². The number of carboxylic acid groups (broad SMARTS) is 2. The third-order valence-electron chi connectivity index (χ3n) is 7.57. The molecule has 0 saturated heterocycles. The molecule has 208 valence electrons. The van der Waals surface area contributed by atoms with E-state index in [9.17, 15) is 29.4 Å². The minimum Gasteiger partial charge on any atom is -0.481 e. The van der Waals surface area contributed by atoms with Crippen molar-refractivity contribution in [2.45, 2.75) is 18.8 Å². The van der Waals surface area contributed by atoms with Crippen LogP contribution in [0.15, 0.2) is 78.9 Å². The van der Waals surface area contributed by atoms with Crippen LogP contribution in [0.1, 0.15) is 23.5 Å². The van der Waals surface area contributed by atoms with Crippen LogP contribution in [-0.2, 0) is 30.3 Å². The van der Waals surface area contributed by atoms with Crippen molar-refractivity contribution in [3.8, 4) is 11.1 Å². The van der Waals surface area contributed by atoms with Crippen molar-refractivity contribution < 1.29 is 34.1 Å². The highest BCUT2D eigenvalue weighted by Crippen LogP contribution is 2.47. The molecule has 1 aliphatic rings. The van der Waals surface area contributed by atoms with Gasteiger partial charge in [-0.3, -0.25) is 19.2 Å². The lowest BCUT2D eigenvalue weighted by molar-refractivity contribution is -0.188. The maximum absolute atomic E-state index is 13.1. The van der Waals surface area contributed by atoms with Crippen LogP contribution in [0.5, 0.6) is 0 Å². The number of nitrogens with one attached hydrogen (secondary N) is 1. The number of carbonyl (C=O) groups is 4. The van der Waals surface area contributed by atoms with E-state index >= 15 is 0 Å². The normalized spacial score (nSPS) is 20.6. The molecule has 40 heavy (non-hydrogen) atoms. The summed E-state index contributed by atoms with van der Waals surface area (Å²) in [5.74, 6) is -10.2. The van der Waals surface area contributed by atoms with Crippen molar-refractivity contribution in [3.05, 3.63) is 95.0 Å². The van der Waals surface area contributed by atoms with Crippen molar-refractivity contribution in [2.75, 3.05) is 13.7 Å². The first kappa shape index (κ1) is 28.8. The van der Waals surface area contributed by atoms with Gasteiger partial charge in [-0.05, 0) is 53.1 Å². The first-order valence-electron chi connectivity index (χ1n) is 12.9. The summed E-state index contributed by atoms with van der Waals surface area (Å²) in [5, 5.41) is 22.4. The van der Waals surface area contributed by atoms with Gasteiger partial charge in [0.2, 0.25) is 5.91 Å². The van der Waals surface area contributed by atoms with Crippen molar-refractivity contribution in [1.29, 1.82) is 0 Å². The Hall–Kier alpha value is -4.17. The molecular formula is C31H30ClNO7. The SMILES string of the molecule is COC(=O)[C@@H]1[C@@H](C(=O)O)[C@@H](C(=O)O)[C@@H]1C(=O)NCC[C@@H](Cc1ccc(Cl)cc1)c1ccc(-c2ccccc2)cc1. The van der Waals surface area contributed by atoms with Gasteiger partial charge in [0.15, 0.2) is 0 Å². The van der Waals surface area contributed by atoms with Gasteiger partial charge in [-0.2, -0.15) is 0 Å².